The van der Waals surface area contributed by atoms with E-state index in [0.29, 0.717) is 12.3 Å². The lowest BCUT2D eigenvalue weighted by Gasteiger charge is -2.11. The third-order valence-corrected chi connectivity index (χ3v) is 5.68. The molecule has 4 rings (SSSR count). The van der Waals surface area contributed by atoms with Gasteiger partial charge in [0.25, 0.3) is 0 Å². The number of aromatic nitrogens is 2. The van der Waals surface area contributed by atoms with Crippen molar-refractivity contribution in [1.82, 2.24) is 9.55 Å². The molecule has 3 aromatic rings. The highest BCUT2D eigenvalue weighted by Crippen LogP contribution is 2.28. The van der Waals surface area contributed by atoms with Gasteiger partial charge in [0.15, 0.2) is 0 Å². The maximum absolute atomic E-state index is 12.3. The van der Waals surface area contributed by atoms with Crippen molar-refractivity contribution in [3.05, 3.63) is 59.9 Å². The number of carbonyl (C=O) groups is 1. The van der Waals surface area contributed by atoms with Crippen LogP contribution in [0.1, 0.15) is 43.5 Å². The van der Waals surface area contributed by atoms with Crippen molar-refractivity contribution in [1.29, 1.82) is 0 Å². The van der Waals surface area contributed by atoms with E-state index in [1.54, 1.807) is 0 Å². The van der Waals surface area contributed by atoms with E-state index in [4.69, 9.17) is 4.98 Å². The summed E-state index contributed by atoms with van der Waals surface area (Å²) in [6.07, 6.45) is 7.39. The molecular weight excluding hydrogens is 334 g/mol. The second kappa shape index (κ2) is 7.95. The predicted octanol–water partition coefficient (Wildman–Crippen LogP) is 4.88. The Balaban J connectivity index is 1.38. The SMILES string of the molecule is Cn1c(CCc2cccc(NC(=O)CC3CCCC3)c2)nc2ccccc21. The molecule has 1 fully saturated rings. The Hall–Kier alpha value is -2.62. The molecule has 0 aliphatic heterocycles. The van der Waals surface area contributed by atoms with Crippen molar-refractivity contribution >= 4 is 22.6 Å². The second-order valence-corrected chi connectivity index (χ2v) is 7.68. The number of hydrogen-bond donors (Lipinski definition) is 1. The van der Waals surface area contributed by atoms with Gasteiger partial charge >= 0.3 is 0 Å². The smallest absolute Gasteiger partial charge is 0.224 e. The van der Waals surface area contributed by atoms with Crippen LogP contribution >= 0.6 is 0 Å². The van der Waals surface area contributed by atoms with E-state index in [1.165, 1.54) is 36.8 Å². The van der Waals surface area contributed by atoms with Crippen LogP contribution in [0.5, 0.6) is 0 Å². The highest BCUT2D eigenvalue weighted by atomic mass is 16.1. The van der Waals surface area contributed by atoms with Crippen LogP contribution in [0.4, 0.5) is 5.69 Å². The number of fused-ring (bicyclic) bond motifs is 1. The molecule has 2 aromatic carbocycles. The van der Waals surface area contributed by atoms with E-state index in [0.717, 1.165) is 29.9 Å². The zero-order valence-electron chi connectivity index (χ0n) is 15.9. The van der Waals surface area contributed by atoms with Crippen LogP contribution in [0, 0.1) is 5.92 Å². The number of rotatable bonds is 6. The van der Waals surface area contributed by atoms with E-state index < -0.39 is 0 Å². The van der Waals surface area contributed by atoms with Gasteiger partial charge in [0.05, 0.1) is 11.0 Å². The first-order valence-corrected chi connectivity index (χ1v) is 9.98. The van der Waals surface area contributed by atoms with Gasteiger partial charge in [-0.1, -0.05) is 37.1 Å². The first-order valence-electron chi connectivity index (χ1n) is 9.98. The summed E-state index contributed by atoms with van der Waals surface area (Å²) >= 11 is 0. The average molecular weight is 361 g/mol. The third-order valence-electron chi connectivity index (χ3n) is 5.68. The molecule has 1 saturated carbocycles. The summed E-state index contributed by atoms with van der Waals surface area (Å²) in [5.74, 6) is 1.81. The van der Waals surface area contributed by atoms with Gasteiger partial charge in [-0.2, -0.15) is 0 Å². The molecule has 0 unspecified atom stereocenters. The molecule has 1 N–H and O–H groups in total. The third kappa shape index (κ3) is 4.21. The standard InChI is InChI=1S/C23H27N3O/c1-26-21-12-5-4-11-20(21)25-22(26)14-13-18-9-6-10-19(15-18)24-23(27)16-17-7-2-3-8-17/h4-6,9-12,15,17H,2-3,7-8,13-14,16H2,1H3,(H,24,27). The van der Waals surface area contributed by atoms with Crippen LogP contribution in [0.25, 0.3) is 11.0 Å². The summed E-state index contributed by atoms with van der Waals surface area (Å²) in [4.78, 5) is 17.0. The van der Waals surface area contributed by atoms with Crippen molar-refractivity contribution in [2.45, 2.75) is 44.9 Å². The molecule has 1 amide bonds. The molecule has 1 aromatic heterocycles. The van der Waals surface area contributed by atoms with Gasteiger partial charge in [0.1, 0.15) is 5.82 Å². The Labute approximate surface area is 160 Å². The minimum absolute atomic E-state index is 0.148. The number of para-hydroxylation sites is 2. The zero-order valence-corrected chi connectivity index (χ0v) is 15.9. The van der Waals surface area contributed by atoms with Gasteiger partial charge < -0.3 is 9.88 Å². The molecule has 0 atom stereocenters. The summed E-state index contributed by atoms with van der Waals surface area (Å²) in [7, 11) is 2.07. The van der Waals surface area contributed by atoms with E-state index >= 15 is 0 Å². The Morgan fingerprint density at radius 2 is 1.93 bits per heavy atom. The topological polar surface area (TPSA) is 46.9 Å². The maximum Gasteiger partial charge on any atom is 0.224 e. The van der Waals surface area contributed by atoms with Gasteiger partial charge in [-0.3, -0.25) is 4.79 Å². The zero-order chi connectivity index (χ0) is 18.6. The molecule has 0 spiro atoms. The van der Waals surface area contributed by atoms with Crippen LogP contribution in [0.2, 0.25) is 0 Å². The molecule has 1 aliphatic carbocycles. The van der Waals surface area contributed by atoms with Crippen LogP contribution in [-0.2, 0) is 24.7 Å². The highest BCUT2D eigenvalue weighted by molar-refractivity contribution is 5.90. The number of carbonyl (C=O) groups excluding carboxylic acids is 1. The van der Waals surface area contributed by atoms with Crippen molar-refractivity contribution < 1.29 is 4.79 Å². The van der Waals surface area contributed by atoms with E-state index in [9.17, 15) is 4.79 Å². The lowest BCUT2D eigenvalue weighted by Crippen LogP contribution is -2.15. The molecule has 0 bridgehead atoms. The minimum atomic E-state index is 0.148. The summed E-state index contributed by atoms with van der Waals surface area (Å²) < 4.78 is 2.17. The number of imidazole rings is 1. The summed E-state index contributed by atoms with van der Waals surface area (Å²) in [5.41, 5.74) is 4.34. The summed E-state index contributed by atoms with van der Waals surface area (Å²) in [6, 6.07) is 16.4. The predicted molar refractivity (Wildman–Crippen MR) is 110 cm³/mol. The van der Waals surface area contributed by atoms with Gasteiger partial charge in [-0.05, 0) is 55.0 Å². The quantitative estimate of drug-likeness (QED) is 0.680. The van der Waals surface area contributed by atoms with E-state index in [2.05, 4.69) is 41.2 Å². The normalized spacial score (nSPS) is 14.7. The van der Waals surface area contributed by atoms with E-state index in [-0.39, 0.29) is 5.91 Å². The first kappa shape index (κ1) is 17.8. The fourth-order valence-corrected chi connectivity index (χ4v) is 4.17. The monoisotopic (exact) mass is 361 g/mol. The molecular formula is C23H27N3O. The Kier molecular flexibility index (Phi) is 5.23. The Morgan fingerprint density at radius 1 is 1.11 bits per heavy atom. The van der Waals surface area contributed by atoms with Crippen LogP contribution in [0.15, 0.2) is 48.5 Å². The maximum atomic E-state index is 12.3. The van der Waals surface area contributed by atoms with Gasteiger partial charge in [0.2, 0.25) is 5.91 Å². The molecule has 4 nitrogen and oxygen atoms in total. The minimum Gasteiger partial charge on any atom is -0.331 e. The fraction of sp³-hybridized carbons (Fsp3) is 0.391. The second-order valence-electron chi connectivity index (χ2n) is 7.68. The Morgan fingerprint density at radius 3 is 2.74 bits per heavy atom. The average Bonchev–Trinajstić information content (AvgIpc) is 3.28. The molecule has 4 heteroatoms. The van der Waals surface area contributed by atoms with Crippen LogP contribution in [0.3, 0.4) is 0 Å². The molecule has 140 valence electrons. The molecule has 1 aliphatic rings. The molecule has 1 heterocycles. The number of aryl methyl sites for hydroxylation is 3. The van der Waals surface area contributed by atoms with Crippen molar-refractivity contribution in [3.8, 4) is 0 Å². The molecule has 27 heavy (non-hydrogen) atoms. The number of nitrogens with zero attached hydrogens (tertiary/aromatic N) is 2. The van der Waals surface area contributed by atoms with Crippen molar-refractivity contribution in [2.75, 3.05) is 5.32 Å². The Bertz CT molecular complexity index is 938. The summed E-state index contributed by atoms with van der Waals surface area (Å²) in [5, 5.41) is 3.08. The van der Waals surface area contributed by atoms with Gasteiger partial charge in [-0.15, -0.1) is 0 Å². The number of hydrogen-bond acceptors (Lipinski definition) is 2. The largest absolute Gasteiger partial charge is 0.331 e. The van der Waals surface area contributed by atoms with Gasteiger partial charge in [0, 0.05) is 25.6 Å². The van der Waals surface area contributed by atoms with Crippen molar-refractivity contribution in [3.63, 3.8) is 0 Å². The highest BCUT2D eigenvalue weighted by Gasteiger charge is 2.18. The van der Waals surface area contributed by atoms with E-state index in [1.807, 2.05) is 24.3 Å². The first-order chi connectivity index (χ1) is 13.2. The van der Waals surface area contributed by atoms with Gasteiger partial charge in [-0.25, -0.2) is 4.98 Å². The number of benzene rings is 2. The van der Waals surface area contributed by atoms with Crippen LogP contribution in [-0.4, -0.2) is 15.5 Å². The number of nitrogens with one attached hydrogen (secondary N) is 1. The fourth-order valence-electron chi connectivity index (χ4n) is 4.17. The lowest BCUT2D eigenvalue weighted by atomic mass is 10.0. The summed E-state index contributed by atoms with van der Waals surface area (Å²) in [6.45, 7) is 0. The molecule has 0 saturated heterocycles. The lowest BCUT2D eigenvalue weighted by molar-refractivity contribution is -0.117. The number of anilines is 1. The number of amides is 1. The van der Waals surface area contributed by atoms with Crippen molar-refractivity contribution in [2.24, 2.45) is 13.0 Å². The molecule has 0 radical (unpaired) electrons. The van der Waals surface area contributed by atoms with Crippen LogP contribution < -0.4 is 5.32 Å².